The fraction of sp³-hybridized carbons (Fsp3) is 0.286. The van der Waals surface area contributed by atoms with Gasteiger partial charge in [-0.15, -0.1) is 0 Å². The Morgan fingerprint density at radius 1 is 1.08 bits per heavy atom. The van der Waals surface area contributed by atoms with Crippen LogP contribution in [0.5, 0.6) is 0 Å². The molecule has 1 aliphatic rings. The van der Waals surface area contributed by atoms with Crippen LogP contribution in [0.4, 0.5) is 0 Å². The van der Waals surface area contributed by atoms with Crippen LogP contribution in [0.1, 0.15) is 30.9 Å². The van der Waals surface area contributed by atoms with Crippen LogP contribution in [-0.4, -0.2) is 22.7 Å². The SMILES string of the molecule is O[C@H](c1cc(-c2ccc(Cl)cc2Cl)nc2ccccc12)[C@H]1CCCCN1. The molecule has 5 heteroatoms. The Morgan fingerprint density at radius 3 is 2.69 bits per heavy atom. The lowest BCUT2D eigenvalue weighted by Crippen LogP contribution is -2.38. The highest BCUT2D eigenvalue weighted by Crippen LogP contribution is 2.35. The Kier molecular flexibility index (Phi) is 5.14. The van der Waals surface area contributed by atoms with Gasteiger partial charge in [-0.2, -0.15) is 0 Å². The normalized spacial score (nSPS) is 18.8. The third-order valence-electron chi connectivity index (χ3n) is 5.00. The summed E-state index contributed by atoms with van der Waals surface area (Å²) in [5.41, 5.74) is 3.29. The zero-order valence-corrected chi connectivity index (χ0v) is 15.8. The molecule has 3 nitrogen and oxygen atoms in total. The van der Waals surface area contributed by atoms with E-state index in [2.05, 4.69) is 5.32 Å². The molecule has 0 bridgehead atoms. The van der Waals surface area contributed by atoms with E-state index in [-0.39, 0.29) is 6.04 Å². The van der Waals surface area contributed by atoms with Gasteiger partial charge in [-0.25, -0.2) is 4.98 Å². The van der Waals surface area contributed by atoms with Crippen molar-refractivity contribution < 1.29 is 5.11 Å². The molecule has 1 aromatic heterocycles. The number of hydrogen-bond donors (Lipinski definition) is 2. The summed E-state index contributed by atoms with van der Waals surface area (Å²) in [5, 5.41) is 16.6. The number of benzene rings is 2. The summed E-state index contributed by atoms with van der Waals surface area (Å²) < 4.78 is 0. The molecule has 2 heterocycles. The smallest absolute Gasteiger partial charge is 0.0950 e. The van der Waals surface area contributed by atoms with E-state index in [1.54, 1.807) is 12.1 Å². The number of fused-ring (bicyclic) bond motifs is 1. The first-order chi connectivity index (χ1) is 12.6. The highest BCUT2D eigenvalue weighted by molar-refractivity contribution is 6.36. The van der Waals surface area contributed by atoms with Gasteiger partial charge in [-0.1, -0.05) is 47.8 Å². The Morgan fingerprint density at radius 2 is 1.92 bits per heavy atom. The van der Waals surface area contributed by atoms with Gasteiger partial charge in [-0.05, 0) is 55.3 Å². The Labute approximate surface area is 163 Å². The standard InChI is InChI=1S/C21H20Cl2N2O/c22-13-8-9-15(17(23)11-13)20-12-16(14-5-1-2-6-18(14)25-20)21(26)19-7-3-4-10-24-19/h1-2,5-6,8-9,11-12,19,21,24,26H,3-4,7,10H2/t19-,21-/m1/s1. The fourth-order valence-corrected chi connectivity index (χ4v) is 4.15. The summed E-state index contributed by atoms with van der Waals surface area (Å²) in [6.07, 6.45) is 2.67. The van der Waals surface area contributed by atoms with Crippen molar-refractivity contribution in [2.75, 3.05) is 6.54 Å². The summed E-state index contributed by atoms with van der Waals surface area (Å²) in [6, 6.07) is 15.3. The maximum Gasteiger partial charge on any atom is 0.0950 e. The molecule has 0 amide bonds. The molecule has 1 fully saturated rings. The number of rotatable bonds is 3. The van der Waals surface area contributed by atoms with E-state index in [1.807, 2.05) is 36.4 Å². The number of para-hydroxylation sites is 1. The molecular weight excluding hydrogens is 367 g/mol. The Balaban J connectivity index is 1.85. The Bertz CT molecular complexity index is 938. The number of aliphatic hydroxyl groups excluding tert-OH is 1. The molecule has 3 aromatic rings. The van der Waals surface area contributed by atoms with E-state index in [4.69, 9.17) is 28.2 Å². The first-order valence-electron chi connectivity index (χ1n) is 8.90. The van der Waals surface area contributed by atoms with E-state index >= 15 is 0 Å². The highest BCUT2D eigenvalue weighted by Gasteiger charge is 2.25. The van der Waals surface area contributed by atoms with Crippen molar-refractivity contribution in [1.29, 1.82) is 0 Å². The zero-order valence-electron chi connectivity index (χ0n) is 14.3. The third-order valence-corrected chi connectivity index (χ3v) is 5.55. The molecule has 1 saturated heterocycles. The molecular formula is C21H20Cl2N2O. The summed E-state index contributed by atoms with van der Waals surface area (Å²) >= 11 is 12.4. The summed E-state index contributed by atoms with van der Waals surface area (Å²) in [7, 11) is 0. The fourth-order valence-electron chi connectivity index (χ4n) is 3.65. The van der Waals surface area contributed by atoms with Crippen LogP contribution in [0.2, 0.25) is 10.0 Å². The zero-order chi connectivity index (χ0) is 18.1. The molecule has 2 aromatic carbocycles. The summed E-state index contributed by atoms with van der Waals surface area (Å²) in [5.74, 6) is 0. The number of pyridine rings is 1. The number of piperidine rings is 1. The molecule has 4 rings (SSSR count). The molecule has 0 aliphatic carbocycles. The molecule has 0 unspecified atom stereocenters. The van der Waals surface area contributed by atoms with Crippen molar-refractivity contribution in [3.63, 3.8) is 0 Å². The lowest BCUT2D eigenvalue weighted by atomic mass is 9.92. The average molecular weight is 387 g/mol. The van der Waals surface area contributed by atoms with Crippen molar-refractivity contribution in [3.05, 3.63) is 64.1 Å². The first kappa shape index (κ1) is 17.7. The lowest BCUT2D eigenvalue weighted by Gasteiger charge is -2.29. The predicted molar refractivity (Wildman–Crippen MR) is 108 cm³/mol. The molecule has 0 spiro atoms. The van der Waals surface area contributed by atoms with Gasteiger partial charge in [0.2, 0.25) is 0 Å². The van der Waals surface area contributed by atoms with Crippen LogP contribution in [0.25, 0.3) is 22.2 Å². The van der Waals surface area contributed by atoms with Gasteiger partial charge in [0.15, 0.2) is 0 Å². The van der Waals surface area contributed by atoms with E-state index in [9.17, 15) is 5.11 Å². The quantitative estimate of drug-likeness (QED) is 0.634. The maximum atomic E-state index is 11.1. The highest BCUT2D eigenvalue weighted by atomic mass is 35.5. The van der Waals surface area contributed by atoms with Gasteiger partial charge in [0, 0.05) is 22.0 Å². The number of aliphatic hydroxyl groups is 1. The molecule has 0 radical (unpaired) electrons. The minimum Gasteiger partial charge on any atom is -0.387 e. The Hall–Kier alpha value is -1.65. The van der Waals surface area contributed by atoms with Crippen molar-refractivity contribution in [2.24, 2.45) is 0 Å². The van der Waals surface area contributed by atoms with Crippen LogP contribution in [-0.2, 0) is 0 Å². The monoisotopic (exact) mass is 386 g/mol. The van der Waals surface area contributed by atoms with Crippen LogP contribution in [0.15, 0.2) is 48.5 Å². The molecule has 2 atom stereocenters. The van der Waals surface area contributed by atoms with Crippen LogP contribution in [0.3, 0.4) is 0 Å². The first-order valence-corrected chi connectivity index (χ1v) is 9.65. The predicted octanol–water partition coefficient (Wildman–Crippen LogP) is 5.38. The minimum atomic E-state index is -0.590. The largest absolute Gasteiger partial charge is 0.387 e. The topological polar surface area (TPSA) is 45.2 Å². The number of aromatic nitrogens is 1. The average Bonchev–Trinajstić information content (AvgIpc) is 2.67. The lowest BCUT2D eigenvalue weighted by molar-refractivity contribution is 0.115. The summed E-state index contributed by atoms with van der Waals surface area (Å²) in [6.45, 7) is 0.945. The van der Waals surface area contributed by atoms with Crippen LogP contribution in [0, 0.1) is 0 Å². The van der Waals surface area contributed by atoms with Crippen LogP contribution >= 0.6 is 23.2 Å². The minimum absolute atomic E-state index is 0.0584. The van der Waals surface area contributed by atoms with Gasteiger partial charge in [-0.3, -0.25) is 0 Å². The molecule has 134 valence electrons. The van der Waals surface area contributed by atoms with Crippen molar-refractivity contribution in [2.45, 2.75) is 31.4 Å². The maximum absolute atomic E-state index is 11.1. The van der Waals surface area contributed by atoms with E-state index in [0.717, 1.165) is 53.5 Å². The summed E-state index contributed by atoms with van der Waals surface area (Å²) in [4.78, 5) is 4.77. The number of halogens is 2. The second-order valence-electron chi connectivity index (χ2n) is 6.74. The van der Waals surface area contributed by atoms with Gasteiger partial charge in [0.25, 0.3) is 0 Å². The second-order valence-corrected chi connectivity index (χ2v) is 7.58. The van der Waals surface area contributed by atoms with Gasteiger partial charge < -0.3 is 10.4 Å². The van der Waals surface area contributed by atoms with Gasteiger partial charge in [0.1, 0.15) is 0 Å². The number of hydrogen-bond acceptors (Lipinski definition) is 3. The number of nitrogens with zero attached hydrogens (tertiary/aromatic N) is 1. The number of nitrogens with one attached hydrogen (secondary N) is 1. The van der Waals surface area contributed by atoms with Crippen LogP contribution < -0.4 is 5.32 Å². The second kappa shape index (κ2) is 7.53. The molecule has 26 heavy (non-hydrogen) atoms. The van der Waals surface area contributed by atoms with E-state index in [0.29, 0.717) is 10.0 Å². The molecule has 0 saturated carbocycles. The van der Waals surface area contributed by atoms with Gasteiger partial charge >= 0.3 is 0 Å². The molecule has 1 aliphatic heterocycles. The molecule has 2 N–H and O–H groups in total. The third kappa shape index (κ3) is 3.45. The van der Waals surface area contributed by atoms with E-state index in [1.165, 1.54) is 0 Å². The van der Waals surface area contributed by atoms with Crippen molar-refractivity contribution in [1.82, 2.24) is 10.3 Å². The van der Waals surface area contributed by atoms with Gasteiger partial charge in [0.05, 0.1) is 22.3 Å². The van der Waals surface area contributed by atoms with E-state index < -0.39 is 6.10 Å². The van der Waals surface area contributed by atoms with Crippen molar-refractivity contribution >= 4 is 34.1 Å². The van der Waals surface area contributed by atoms with Crippen molar-refractivity contribution in [3.8, 4) is 11.3 Å².